The number of hydrogen-bond acceptors (Lipinski definition) is 5. The van der Waals surface area contributed by atoms with Gasteiger partial charge in [-0.2, -0.15) is 0 Å². The van der Waals surface area contributed by atoms with Crippen molar-refractivity contribution in [2.45, 2.75) is 52.1 Å². The van der Waals surface area contributed by atoms with Crippen molar-refractivity contribution in [3.63, 3.8) is 0 Å². The molecule has 1 heterocycles. The van der Waals surface area contributed by atoms with Gasteiger partial charge in [0.2, 0.25) is 0 Å². The van der Waals surface area contributed by atoms with Crippen LogP contribution >= 0.6 is 11.6 Å². The van der Waals surface area contributed by atoms with E-state index >= 15 is 0 Å². The van der Waals surface area contributed by atoms with Crippen LogP contribution in [0, 0.1) is 5.41 Å². The highest BCUT2D eigenvalue weighted by Crippen LogP contribution is 2.33. The first kappa shape index (κ1) is 22.7. The minimum Gasteiger partial charge on any atom is -0.444 e. The number of amides is 1. The van der Waals surface area contributed by atoms with Crippen LogP contribution in [-0.4, -0.2) is 28.4 Å². The highest BCUT2D eigenvalue weighted by atomic mass is 35.5. The third kappa shape index (κ3) is 5.70. The van der Waals surface area contributed by atoms with Gasteiger partial charge in [0, 0.05) is 18.2 Å². The number of nitrogens with one attached hydrogen (secondary N) is 2. The third-order valence-corrected chi connectivity index (χ3v) is 5.06. The molecule has 1 amide bonds. The van der Waals surface area contributed by atoms with Gasteiger partial charge in [0.1, 0.15) is 16.6 Å². The van der Waals surface area contributed by atoms with E-state index in [2.05, 4.69) is 24.1 Å². The summed E-state index contributed by atoms with van der Waals surface area (Å²) < 4.78 is 5.35. The molecule has 0 bridgehead atoms. The molecule has 1 aromatic carbocycles. The monoisotopic (exact) mass is 416 g/mol. The Hall–Kier alpha value is -2.60. The van der Waals surface area contributed by atoms with Crippen molar-refractivity contribution in [2.24, 2.45) is 0 Å². The van der Waals surface area contributed by atoms with Crippen LogP contribution in [0.15, 0.2) is 36.5 Å². The average molecular weight is 417 g/mol. The van der Waals surface area contributed by atoms with Gasteiger partial charge in [-0.15, -0.1) is 0 Å². The van der Waals surface area contributed by atoms with E-state index in [9.17, 15) is 4.79 Å². The SMILES string of the molecule is CCC(C)(CNC(=O)OC(C)(C)C)c1cccc(-c2ccnc(N)c2C(=N)Cl)c1. The van der Waals surface area contributed by atoms with Crippen molar-refractivity contribution in [1.29, 1.82) is 5.41 Å². The molecule has 156 valence electrons. The van der Waals surface area contributed by atoms with Gasteiger partial charge in [-0.25, -0.2) is 9.78 Å². The molecule has 4 N–H and O–H groups in total. The fraction of sp³-hybridized carbons (Fsp3) is 0.409. The normalized spacial score (nSPS) is 13.4. The van der Waals surface area contributed by atoms with Gasteiger partial charge in [-0.1, -0.05) is 49.7 Å². The van der Waals surface area contributed by atoms with Crippen molar-refractivity contribution in [3.05, 3.63) is 47.7 Å². The van der Waals surface area contributed by atoms with Crippen LogP contribution in [0.5, 0.6) is 0 Å². The summed E-state index contributed by atoms with van der Waals surface area (Å²) in [5.74, 6) is 0.220. The Kier molecular flexibility index (Phi) is 6.90. The van der Waals surface area contributed by atoms with E-state index in [1.165, 1.54) is 0 Å². The molecular weight excluding hydrogens is 388 g/mol. The van der Waals surface area contributed by atoms with E-state index in [1.54, 1.807) is 12.3 Å². The summed E-state index contributed by atoms with van der Waals surface area (Å²) in [6.07, 6.45) is 1.97. The fourth-order valence-electron chi connectivity index (χ4n) is 3.02. The summed E-state index contributed by atoms with van der Waals surface area (Å²) in [7, 11) is 0. The maximum atomic E-state index is 12.1. The van der Waals surface area contributed by atoms with E-state index < -0.39 is 11.7 Å². The Morgan fingerprint density at radius 2 is 1.97 bits per heavy atom. The Bertz CT molecular complexity index is 908. The molecule has 0 saturated heterocycles. The lowest BCUT2D eigenvalue weighted by Gasteiger charge is -2.30. The largest absolute Gasteiger partial charge is 0.444 e. The van der Waals surface area contributed by atoms with Gasteiger partial charge in [-0.05, 0) is 49.9 Å². The molecule has 7 heteroatoms. The predicted molar refractivity (Wildman–Crippen MR) is 119 cm³/mol. The number of hydrogen-bond donors (Lipinski definition) is 3. The summed E-state index contributed by atoms with van der Waals surface area (Å²) in [5.41, 5.74) is 8.19. The van der Waals surface area contributed by atoms with Gasteiger partial charge in [0.15, 0.2) is 0 Å². The fourth-order valence-corrected chi connectivity index (χ4v) is 3.22. The predicted octanol–water partition coefficient (Wildman–Crippen LogP) is 5.09. The molecule has 6 nitrogen and oxygen atoms in total. The zero-order valence-electron chi connectivity index (χ0n) is 17.6. The molecule has 1 atom stereocenters. The smallest absolute Gasteiger partial charge is 0.407 e. The number of nitrogens with two attached hydrogens (primary N) is 1. The van der Waals surface area contributed by atoms with Crippen molar-refractivity contribution < 1.29 is 9.53 Å². The van der Waals surface area contributed by atoms with Gasteiger partial charge in [0.05, 0.1) is 5.56 Å². The van der Waals surface area contributed by atoms with Crippen molar-refractivity contribution in [3.8, 4) is 11.1 Å². The van der Waals surface area contributed by atoms with Crippen LogP contribution in [0.4, 0.5) is 10.6 Å². The molecule has 0 radical (unpaired) electrons. The second kappa shape index (κ2) is 8.82. The minimum absolute atomic E-state index is 0.152. The second-order valence-electron chi connectivity index (χ2n) is 8.28. The Morgan fingerprint density at radius 3 is 2.55 bits per heavy atom. The van der Waals surface area contributed by atoms with Crippen LogP contribution in [0.1, 0.15) is 52.2 Å². The molecule has 0 aliphatic rings. The minimum atomic E-state index is -0.545. The van der Waals surface area contributed by atoms with Crippen LogP contribution in [-0.2, 0) is 10.2 Å². The van der Waals surface area contributed by atoms with Crippen molar-refractivity contribution in [1.82, 2.24) is 10.3 Å². The quantitative estimate of drug-likeness (QED) is 0.571. The van der Waals surface area contributed by atoms with E-state index in [0.29, 0.717) is 12.1 Å². The zero-order valence-corrected chi connectivity index (χ0v) is 18.4. The number of halogens is 1. The number of ether oxygens (including phenoxy) is 1. The maximum Gasteiger partial charge on any atom is 0.407 e. The van der Waals surface area contributed by atoms with Crippen LogP contribution < -0.4 is 11.1 Å². The number of alkyl carbamates (subject to hydrolysis) is 1. The zero-order chi connectivity index (χ0) is 21.8. The molecule has 2 rings (SSSR count). The lowest BCUT2D eigenvalue weighted by molar-refractivity contribution is 0.0515. The summed E-state index contributed by atoms with van der Waals surface area (Å²) in [5, 5.41) is 10.6. The number of nitrogen functional groups attached to an aromatic ring is 1. The Labute approximate surface area is 177 Å². The van der Waals surface area contributed by atoms with Gasteiger partial charge in [0.25, 0.3) is 0 Å². The van der Waals surface area contributed by atoms with Crippen molar-refractivity contribution >= 4 is 28.7 Å². The standard InChI is InChI=1S/C22H29ClN4O2/c1-6-22(5,13-27-20(28)29-21(2,3)4)15-9-7-8-14(12-15)16-10-11-26-19(25)17(16)18(23)24/h7-12,24H,6,13H2,1-5H3,(H2,25,26)(H,27,28). The first-order valence-corrected chi connectivity index (χ1v) is 9.91. The molecule has 0 aliphatic heterocycles. The first-order chi connectivity index (χ1) is 13.5. The van der Waals surface area contributed by atoms with E-state index in [0.717, 1.165) is 23.1 Å². The van der Waals surface area contributed by atoms with Gasteiger partial charge < -0.3 is 15.8 Å². The highest BCUT2D eigenvalue weighted by molar-refractivity contribution is 6.69. The van der Waals surface area contributed by atoms with Crippen LogP contribution in [0.3, 0.4) is 0 Å². The second-order valence-corrected chi connectivity index (χ2v) is 8.66. The highest BCUT2D eigenvalue weighted by Gasteiger charge is 2.27. The molecule has 1 aromatic heterocycles. The maximum absolute atomic E-state index is 12.1. The number of carbonyl (C=O) groups is 1. The number of anilines is 1. The summed E-state index contributed by atoms with van der Waals surface area (Å²) in [6.45, 7) is 10.1. The molecule has 1 unspecified atom stereocenters. The van der Waals surface area contributed by atoms with E-state index in [-0.39, 0.29) is 16.4 Å². The lowest BCUT2D eigenvalue weighted by atomic mass is 9.79. The van der Waals surface area contributed by atoms with E-state index in [4.69, 9.17) is 27.5 Å². The molecule has 0 spiro atoms. The lowest BCUT2D eigenvalue weighted by Crippen LogP contribution is -2.41. The molecule has 2 aromatic rings. The Morgan fingerprint density at radius 1 is 1.28 bits per heavy atom. The van der Waals surface area contributed by atoms with Crippen LogP contribution in [0.25, 0.3) is 11.1 Å². The van der Waals surface area contributed by atoms with Gasteiger partial charge in [-0.3, -0.25) is 5.41 Å². The summed E-state index contributed by atoms with van der Waals surface area (Å²) in [6, 6.07) is 9.76. The number of nitrogens with zero attached hydrogens (tertiary/aromatic N) is 1. The first-order valence-electron chi connectivity index (χ1n) is 9.53. The number of carbonyl (C=O) groups excluding carboxylic acids is 1. The average Bonchev–Trinajstić information content (AvgIpc) is 2.64. The molecule has 0 aliphatic carbocycles. The third-order valence-electron chi connectivity index (χ3n) is 4.87. The number of benzene rings is 1. The summed E-state index contributed by atoms with van der Waals surface area (Å²) >= 11 is 5.96. The van der Waals surface area contributed by atoms with Crippen molar-refractivity contribution in [2.75, 3.05) is 12.3 Å². The molecule has 29 heavy (non-hydrogen) atoms. The molecule has 0 fully saturated rings. The van der Waals surface area contributed by atoms with Gasteiger partial charge >= 0.3 is 6.09 Å². The Balaban J connectivity index is 2.35. The number of pyridine rings is 1. The molecule has 0 saturated carbocycles. The number of aromatic nitrogens is 1. The van der Waals surface area contributed by atoms with E-state index in [1.807, 2.05) is 45.0 Å². The summed E-state index contributed by atoms with van der Waals surface area (Å²) in [4.78, 5) is 16.1. The number of rotatable bonds is 6. The topological polar surface area (TPSA) is 101 Å². The molecular formula is C22H29ClN4O2. The van der Waals surface area contributed by atoms with Crippen LogP contribution in [0.2, 0.25) is 0 Å².